The van der Waals surface area contributed by atoms with Crippen LogP contribution in [0.2, 0.25) is 0 Å². The topological polar surface area (TPSA) is 144 Å². The predicted molar refractivity (Wildman–Crippen MR) is 125 cm³/mol. The van der Waals surface area contributed by atoms with Crippen LogP contribution in [0.3, 0.4) is 0 Å². The van der Waals surface area contributed by atoms with Crippen molar-refractivity contribution in [3.8, 4) is 0 Å². The Morgan fingerprint density at radius 3 is 2.38 bits per heavy atom. The van der Waals surface area contributed by atoms with Crippen LogP contribution in [0.25, 0.3) is 10.9 Å². The minimum Gasteiger partial charge on any atom is -0.480 e. The van der Waals surface area contributed by atoms with Gasteiger partial charge in [0, 0.05) is 10.9 Å². The highest BCUT2D eigenvalue weighted by Crippen LogP contribution is 2.21. The van der Waals surface area contributed by atoms with Crippen molar-refractivity contribution in [3.05, 3.63) is 71.3 Å². The third-order valence-corrected chi connectivity index (χ3v) is 5.32. The minimum atomic E-state index is -1.08. The van der Waals surface area contributed by atoms with Gasteiger partial charge in [0.15, 0.2) is 0 Å². The summed E-state index contributed by atoms with van der Waals surface area (Å²) >= 11 is 0. The van der Waals surface area contributed by atoms with Gasteiger partial charge in [0.05, 0.1) is 5.52 Å². The van der Waals surface area contributed by atoms with Gasteiger partial charge in [-0.2, -0.15) is 4.98 Å². The molecule has 0 saturated carbocycles. The largest absolute Gasteiger partial charge is 0.480 e. The average Bonchev–Trinajstić information content (AvgIpc) is 2.77. The Morgan fingerprint density at radius 1 is 1.06 bits per heavy atom. The van der Waals surface area contributed by atoms with Gasteiger partial charge in [-0.15, -0.1) is 0 Å². The van der Waals surface area contributed by atoms with Crippen molar-refractivity contribution in [2.24, 2.45) is 0 Å². The molecule has 2 aromatic carbocycles. The molecule has 0 spiro atoms. The third kappa shape index (κ3) is 5.60. The number of aryl methyl sites for hydroxylation is 2. The van der Waals surface area contributed by atoms with Crippen LogP contribution < -0.4 is 16.8 Å². The van der Waals surface area contributed by atoms with Gasteiger partial charge in [0.1, 0.15) is 11.9 Å². The Labute approximate surface area is 186 Å². The number of carbonyl (C=O) groups is 2. The number of rotatable bonds is 9. The number of carbonyl (C=O) groups excluding carboxylic acids is 1. The van der Waals surface area contributed by atoms with E-state index in [2.05, 4.69) is 21.9 Å². The first-order valence-electron chi connectivity index (χ1n) is 10.4. The number of amides is 1. The summed E-state index contributed by atoms with van der Waals surface area (Å²) in [5.74, 6) is -0.991. The predicted octanol–water partition coefficient (Wildman–Crippen LogP) is 3.12. The molecule has 3 rings (SSSR count). The molecule has 0 aliphatic rings. The number of aromatic nitrogens is 2. The van der Waals surface area contributed by atoms with Crippen molar-refractivity contribution in [3.63, 3.8) is 0 Å². The van der Waals surface area contributed by atoms with Crippen LogP contribution in [0.1, 0.15) is 41.3 Å². The number of aliphatic carboxylic acids is 1. The number of hydrogen-bond donors (Lipinski definition) is 4. The Kier molecular flexibility index (Phi) is 7.04. The zero-order chi connectivity index (χ0) is 23.3. The highest BCUT2D eigenvalue weighted by Gasteiger charge is 2.21. The lowest BCUT2D eigenvalue weighted by molar-refractivity contribution is -0.139. The number of carboxylic acid groups (broad SMARTS) is 1. The normalized spacial score (nSPS) is 11.8. The van der Waals surface area contributed by atoms with Gasteiger partial charge >= 0.3 is 5.97 Å². The molecule has 0 fully saturated rings. The highest BCUT2D eigenvalue weighted by atomic mass is 16.4. The quantitative estimate of drug-likeness (QED) is 0.379. The van der Waals surface area contributed by atoms with E-state index in [1.807, 2.05) is 37.3 Å². The standard InChI is InChI=1S/C24H27N5O3/c1-3-14(2)12-20(23(31)32)27-22(30)17-9-6-15(7-10-17)4-5-16-8-11-19-18(13-16)21(25)29-24(26)28-19/h6-11,13,20H,2-5,12H2,1H3,(H,27,30)(H,31,32)(H4,25,26,28,29). The summed E-state index contributed by atoms with van der Waals surface area (Å²) in [6.45, 7) is 5.72. The molecule has 0 saturated heterocycles. The zero-order valence-corrected chi connectivity index (χ0v) is 18.0. The fourth-order valence-electron chi connectivity index (χ4n) is 3.36. The first-order chi connectivity index (χ1) is 15.3. The van der Waals surface area contributed by atoms with Crippen LogP contribution in [0.5, 0.6) is 0 Å². The number of hydrogen-bond acceptors (Lipinski definition) is 6. The SMILES string of the molecule is C=C(CC)CC(NC(=O)c1ccc(CCc2ccc3nc(N)nc(N)c3c2)cc1)C(=O)O. The van der Waals surface area contributed by atoms with Crippen LogP contribution in [0, 0.1) is 0 Å². The summed E-state index contributed by atoms with van der Waals surface area (Å²) in [7, 11) is 0. The number of nitrogens with one attached hydrogen (secondary N) is 1. The van der Waals surface area contributed by atoms with Crippen molar-refractivity contribution in [2.75, 3.05) is 11.5 Å². The van der Waals surface area contributed by atoms with Crippen molar-refractivity contribution >= 4 is 34.5 Å². The van der Waals surface area contributed by atoms with Crippen LogP contribution in [-0.4, -0.2) is 33.0 Å². The Morgan fingerprint density at radius 2 is 1.72 bits per heavy atom. The van der Waals surface area contributed by atoms with Gasteiger partial charge in [-0.1, -0.05) is 37.3 Å². The molecule has 6 N–H and O–H groups in total. The van der Waals surface area contributed by atoms with Gasteiger partial charge in [-0.3, -0.25) is 4.79 Å². The first-order valence-corrected chi connectivity index (χ1v) is 10.4. The first kappa shape index (κ1) is 22.7. The average molecular weight is 434 g/mol. The maximum absolute atomic E-state index is 12.5. The van der Waals surface area contributed by atoms with Crippen molar-refractivity contribution in [2.45, 2.75) is 38.6 Å². The lowest BCUT2D eigenvalue weighted by atomic mass is 10.0. The number of anilines is 2. The number of benzene rings is 2. The molecule has 166 valence electrons. The molecule has 0 aliphatic heterocycles. The van der Waals surface area contributed by atoms with E-state index in [-0.39, 0.29) is 12.4 Å². The lowest BCUT2D eigenvalue weighted by Crippen LogP contribution is -2.41. The molecule has 0 aliphatic carbocycles. The van der Waals surface area contributed by atoms with Crippen molar-refractivity contribution < 1.29 is 14.7 Å². The second-order valence-electron chi connectivity index (χ2n) is 7.69. The second-order valence-corrected chi connectivity index (χ2v) is 7.69. The Bertz CT molecular complexity index is 1160. The van der Waals surface area contributed by atoms with Crippen molar-refractivity contribution in [1.82, 2.24) is 15.3 Å². The van der Waals surface area contributed by atoms with E-state index in [9.17, 15) is 14.7 Å². The van der Waals surface area contributed by atoms with Gasteiger partial charge in [0.2, 0.25) is 5.95 Å². The van der Waals surface area contributed by atoms with E-state index in [1.54, 1.807) is 12.1 Å². The van der Waals surface area contributed by atoms with Crippen LogP contribution in [0.4, 0.5) is 11.8 Å². The number of carboxylic acids is 1. The van der Waals surface area contributed by atoms with Gasteiger partial charge in [-0.05, 0) is 61.1 Å². The summed E-state index contributed by atoms with van der Waals surface area (Å²) < 4.78 is 0. The van der Waals surface area contributed by atoms with Crippen molar-refractivity contribution in [1.29, 1.82) is 0 Å². The molecule has 1 aromatic heterocycles. The maximum atomic E-state index is 12.5. The Hall–Kier alpha value is -3.94. The summed E-state index contributed by atoms with van der Waals surface area (Å²) in [5, 5.41) is 12.7. The fraction of sp³-hybridized carbons (Fsp3) is 0.250. The fourth-order valence-corrected chi connectivity index (χ4v) is 3.36. The van der Waals surface area contributed by atoms with E-state index < -0.39 is 17.9 Å². The van der Waals surface area contributed by atoms with Gasteiger partial charge in [0.25, 0.3) is 5.91 Å². The molecule has 0 bridgehead atoms. The molecule has 8 nitrogen and oxygen atoms in total. The molecular formula is C24H27N5O3. The van der Waals surface area contributed by atoms with Crippen LogP contribution in [-0.2, 0) is 17.6 Å². The number of nitrogens with two attached hydrogens (primary N) is 2. The summed E-state index contributed by atoms with van der Waals surface area (Å²) in [4.78, 5) is 32.1. The third-order valence-electron chi connectivity index (χ3n) is 5.32. The Balaban J connectivity index is 1.63. The molecule has 32 heavy (non-hydrogen) atoms. The van der Waals surface area contributed by atoms with E-state index >= 15 is 0 Å². The lowest BCUT2D eigenvalue weighted by Gasteiger charge is -2.15. The van der Waals surface area contributed by atoms with E-state index in [1.165, 1.54) is 0 Å². The summed E-state index contributed by atoms with van der Waals surface area (Å²) in [5.41, 5.74) is 15.6. The van der Waals surface area contributed by atoms with Crippen LogP contribution >= 0.6 is 0 Å². The summed E-state index contributed by atoms with van der Waals surface area (Å²) in [6, 6.07) is 12.0. The molecule has 0 radical (unpaired) electrons. The van der Waals surface area contributed by atoms with E-state index in [4.69, 9.17) is 11.5 Å². The van der Waals surface area contributed by atoms with E-state index in [0.717, 1.165) is 34.9 Å². The van der Waals surface area contributed by atoms with E-state index in [0.29, 0.717) is 23.3 Å². The molecule has 1 unspecified atom stereocenters. The molecule has 1 heterocycles. The monoisotopic (exact) mass is 433 g/mol. The number of nitrogen functional groups attached to an aromatic ring is 2. The maximum Gasteiger partial charge on any atom is 0.326 e. The highest BCUT2D eigenvalue weighted by molar-refractivity contribution is 5.96. The van der Waals surface area contributed by atoms with Gasteiger partial charge in [-0.25, -0.2) is 9.78 Å². The smallest absolute Gasteiger partial charge is 0.326 e. The summed E-state index contributed by atoms with van der Waals surface area (Å²) in [6.07, 6.45) is 2.41. The van der Waals surface area contributed by atoms with Gasteiger partial charge < -0.3 is 21.9 Å². The molecule has 3 aromatic rings. The second kappa shape index (κ2) is 9.91. The minimum absolute atomic E-state index is 0.150. The zero-order valence-electron chi connectivity index (χ0n) is 18.0. The van der Waals surface area contributed by atoms with Crippen LogP contribution in [0.15, 0.2) is 54.6 Å². The number of nitrogens with zero attached hydrogens (tertiary/aromatic N) is 2. The molecule has 1 amide bonds. The molecular weight excluding hydrogens is 406 g/mol. The molecule has 8 heteroatoms. The molecule has 1 atom stereocenters. The number of fused-ring (bicyclic) bond motifs is 1.